The normalized spacial score (nSPS) is 13.8. The number of rotatable bonds is 7. The molecular formula is C19H28N4O5. The molecule has 9 heteroatoms. The number of anilines is 2. The Bertz CT molecular complexity index is 763. The van der Waals surface area contributed by atoms with E-state index in [9.17, 15) is 9.59 Å². The zero-order valence-electron chi connectivity index (χ0n) is 17.0. The standard InChI is InChI=1S/C19H28N4O5/c1-6-26-18(24)22-14-10-11(3)16(28-13(5)17-20-8-9-21-17)12(4)15(14)23-19(25)27-7-2/h10,13H,6-9H2,1-5H3,(H,20,21)(H,22,24)(H,23,25). The van der Waals surface area contributed by atoms with E-state index in [4.69, 9.17) is 14.2 Å². The Labute approximate surface area is 164 Å². The highest BCUT2D eigenvalue weighted by molar-refractivity contribution is 5.97. The number of amides is 2. The average Bonchev–Trinajstić information content (AvgIpc) is 3.17. The van der Waals surface area contributed by atoms with E-state index in [0.29, 0.717) is 22.7 Å². The van der Waals surface area contributed by atoms with Gasteiger partial charge in [-0.15, -0.1) is 0 Å². The molecular weight excluding hydrogens is 364 g/mol. The minimum Gasteiger partial charge on any atom is -0.482 e. The van der Waals surface area contributed by atoms with Gasteiger partial charge in [-0.1, -0.05) is 0 Å². The second kappa shape index (κ2) is 9.82. The van der Waals surface area contributed by atoms with E-state index < -0.39 is 12.2 Å². The van der Waals surface area contributed by atoms with Gasteiger partial charge in [0, 0.05) is 12.1 Å². The van der Waals surface area contributed by atoms with Crippen LogP contribution in [0.2, 0.25) is 0 Å². The van der Waals surface area contributed by atoms with Crippen molar-refractivity contribution in [3.05, 3.63) is 17.2 Å². The van der Waals surface area contributed by atoms with E-state index in [2.05, 4.69) is 20.9 Å². The number of benzene rings is 1. The number of carbonyl (C=O) groups is 2. The van der Waals surface area contributed by atoms with Gasteiger partial charge in [0.1, 0.15) is 11.6 Å². The summed E-state index contributed by atoms with van der Waals surface area (Å²) >= 11 is 0. The van der Waals surface area contributed by atoms with Crippen molar-refractivity contribution in [2.24, 2.45) is 4.99 Å². The van der Waals surface area contributed by atoms with Crippen LogP contribution in [0.4, 0.5) is 21.0 Å². The molecule has 1 unspecified atom stereocenters. The van der Waals surface area contributed by atoms with E-state index in [1.54, 1.807) is 26.8 Å². The summed E-state index contributed by atoms with van der Waals surface area (Å²) in [7, 11) is 0. The van der Waals surface area contributed by atoms with Gasteiger partial charge in [-0.05, 0) is 46.2 Å². The van der Waals surface area contributed by atoms with Crippen LogP contribution in [0.25, 0.3) is 0 Å². The molecule has 2 amide bonds. The Morgan fingerprint density at radius 3 is 2.39 bits per heavy atom. The van der Waals surface area contributed by atoms with Crippen molar-refractivity contribution in [1.29, 1.82) is 0 Å². The predicted octanol–water partition coefficient (Wildman–Crippen LogP) is 3.21. The molecule has 0 saturated carbocycles. The van der Waals surface area contributed by atoms with Crippen molar-refractivity contribution in [3.63, 3.8) is 0 Å². The second-order valence-corrected chi connectivity index (χ2v) is 6.21. The molecule has 1 aromatic carbocycles. The van der Waals surface area contributed by atoms with Crippen LogP contribution in [0, 0.1) is 13.8 Å². The van der Waals surface area contributed by atoms with E-state index >= 15 is 0 Å². The van der Waals surface area contributed by atoms with Gasteiger partial charge in [-0.2, -0.15) is 0 Å². The fraction of sp³-hybridized carbons (Fsp3) is 0.526. The maximum absolute atomic E-state index is 12.0. The number of aliphatic imine (C=N–C) groups is 1. The third-order valence-electron chi connectivity index (χ3n) is 4.10. The minimum atomic E-state index is -0.623. The van der Waals surface area contributed by atoms with Crippen molar-refractivity contribution in [1.82, 2.24) is 5.32 Å². The first-order valence-electron chi connectivity index (χ1n) is 9.33. The smallest absolute Gasteiger partial charge is 0.411 e. The van der Waals surface area contributed by atoms with Crippen molar-refractivity contribution in [3.8, 4) is 5.75 Å². The lowest BCUT2D eigenvalue weighted by Gasteiger charge is -2.23. The number of amidine groups is 1. The van der Waals surface area contributed by atoms with E-state index in [0.717, 1.165) is 24.5 Å². The lowest BCUT2D eigenvalue weighted by Crippen LogP contribution is -2.33. The summed E-state index contributed by atoms with van der Waals surface area (Å²) in [6.07, 6.45) is -1.51. The Balaban J connectivity index is 2.37. The summed E-state index contributed by atoms with van der Waals surface area (Å²) in [6, 6.07) is 1.72. The summed E-state index contributed by atoms with van der Waals surface area (Å²) in [5.74, 6) is 1.39. The monoisotopic (exact) mass is 392 g/mol. The van der Waals surface area contributed by atoms with Gasteiger partial charge < -0.3 is 19.5 Å². The number of carbonyl (C=O) groups excluding carboxylic acids is 2. The summed E-state index contributed by atoms with van der Waals surface area (Å²) in [4.78, 5) is 28.3. The van der Waals surface area contributed by atoms with E-state index in [1.165, 1.54) is 0 Å². The van der Waals surface area contributed by atoms with E-state index in [1.807, 2.05) is 13.8 Å². The first-order valence-corrected chi connectivity index (χ1v) is 9.33. The molecule has 1 heterocycles. The lowest BCUT2D eigenvalue weighted by atomic mass is 10.1. The van der Waals surface area contributed by atoms with Gasteiger partial charge >= 0.3 is 12.2 Å². The highest BCUT2D eigenvalue weighted by Crippen LogP contribution is 2.37. The number of ether oxygens (including phenoxy) is 3. The molecule has 0 spiro atoms. The molecule has 0 fully saturated rings. The Morgan fingerprint density at radius 2 is 1.82 bits per heavy atom. The largest absolute Gasteiger partial charge is 0.482 e. The molecule has 1 aliphatic heterocycles. The van der Waals surface area contributed by atoms with Gasteiger partial charge in [-0.3, -0.25) is 15.6 Å². The number of hydrogen-bond acceptors (Lipinski definition) is 7. The molecule has 1 aliphatic rings. The van der Waals surface area contributed by atoms with Gasteiger partial charge in [-0.25, -0.2) is 9.59 Å². The number of nitrogens with one attached hydrogen (secondary N) is 3. The Hall–Kier alpha value is -2.97. The number of aryl methyl sites for hydroxylation is 1. The van der Waals surface area contributed by atoms with Crippen LogP contribution in [0.3, 0.4) is 0 Å². The fourth-order valence-electron chi connectivity index (χ4n) is 2.87. The van der Waals surface area contributed by atoms with Crippen molar-refractivity contribution >= 4 is 29.4 Å². The SMILES string of the molecule is CCOC(=O)Nc1cc(C)c(OC(C)C2=NCCN2)c(C)c1NC(=O)OCC. The van der Waals surface area contributed by atoms with E-state index in [-0.39, 0.29) is 19.3 Å². The van der Waals surface area contributed by atoms with Gasteiger partial charge in [0.15, 0.2) is 6.10 Å². The minimum absolute atomic E-state index is 0.225. The van der Waals surface area contributed by atoms with Gasteiger partial charge in [0.2, 0.25) is 0 Å². The average molecular weight is 392 g/mol. The zero-order valence-corrected chi connectivity index (χ0v) is 17.0. The predicted molar refractivity (Wildman–Crippen MR) is 108 cm³/mol. The van der Waals surface area contributed by atoms with Crippen LogP contribution < -0.4 is 20.7 Å². The molecule has 1 atom stereocenters. The molecule has 2 rings (SSSR count). The molecule has 3 N–H and O–H groups in total. The third kappa shape index (κ3) is 5.28. The van der Waals surface area contributed by atoms with Gasteiger partial charge in [0.25, 0.3) is 0 Å². The molecule has 0 radical (unpaired) electrons. The fourth-order valence-corrected chi connectivity index (χ4v) is 2.87. The molecule has 154 valence electrons. The number of hydrogen-bond donors (Lipinski definition) is 3. The number of nitrogens with zero attached hydrogens (tertiary/aromatic N) is 1. The Morgan fingerprint density at radius 1 is 1.18 bits per heavy atom. The van der Waals surface area contributed by atoms with Crippen molar-refractivity contribution < 1.29 is 23.8 Å². The van der Waals surface area contributed by atoms with Crippen LogP contribution in [-0.2, 0) is 9.47 Å². The summed E-state index contributed by atoms with van der Waals surface area (Å²) in [6.45, 7) is 11.0. The van der Waals surface area contributed by atoms with Gasteiger partial charge in [0.05, 0.1) is 31.1 Å². The quantitative estimate of drug-likeness (QED) is 0.657. The van der Waals surface area contributed by atoms with Crippen LogP contribution in [0.1, 0.15) is 31.9 Å². The molecule has 0 bridgehead atoms. The zero-order chi connectivity index (χ0) is 20.7. The Kier molecular flexibility index (Phi) is 7.48. The highest BCUT2D eigenvalue weighted by atomic mass is 16.6. The first-order chi connectivity index (χ1) is 13.4. The first kappa shape index (κ1) is 21.3. The summed E-state index contributed by atoms with van der Waals surface area (Å²) in [5, 5.41) is 8.53. The topological polar surface area (TPSA) is 110 Å². The summed E-state index contributed by atoms with van der Waals surface area (Å²) in [5.41, 5.74) is 2.24. The summed E-state index contributed by atoms with van der Waals surface area (Å²) < 4.78 is 16.0. The van der Waals surface area contributed by atoms with Crippen molar-refractivity contribution in [2.45, 2.75) is 40.7 Å². The van der Waals surface area contributed by atoms with Crippen LogP contribution in [0.15, 0.2) is 11.1 Å². The maximum atomic E-state index is 12.0. The van der Waals surface area contributed by atoms with Crippen LogP contribution in [0.5, 0.6) is 5.75 Å². The van der Waals surface area contributed by atoms with Crippen LogP contribution in [-0.4, -0.2) is 50.4 Å². The molecule has 1 aromatic rings. The molecule has 9 nitrogen and oxygen atoms in total. The van der Waals surface area contributed by atoms with Crippen LogP contribution >= 0.6 is 0 Å². The third-order valence-corrected chi connectivity index (χ3v) is 4.10. The molecule has 28 heavy (non-hydrogen) atoms. The molecule has 0 saturated heterocycles. The highest BCUT2D eigenvalue weighted by Gasteiger charge is 2.22. The lowest BCUT2D eigenvalue weighted by molar-refractivity contribution is 0.166. The maximum Gasteiger partial charge on any atom is 0.411 e. The van der Waals surface area contributed by atoms with Crippen molar-refractivity contribution in [2.75, 3.05) is 36.9 Å². The second-order valence-electron chi connectivity index (χ2n) is 6.21. The molecule has 0 aromatic heterocycles. The molecule has 0 aliphatic carbocycles.